The molecule has 3 aromatic rings. The molecule has 0 bridgehead atoms. The number of hydrogen-bond donors (Lipinski definition) is 0. The molecule has 104 valence electrons. The lowest BCUT2D eigenvalue weighted by Crippen LogP contribution is -2.07. The van der Waals surface area contributed by atoms with Crippen molar-refractivity contribution in [3.63, 3.8) is 0 Å². The lowest BCUT2D eigenvalue weighted by Gasteiger charge is -2.04. The van der Waals surface area contributed by atoms with Gasteiger partial charge in [0.1, 0.15) is 0 Å². The fraction of sp³-hybridized carbons (Fsp3) is 0.125. The molecule has 3 rings (SSSR count). The third-order valence-electron chi connectivity index (χ3n) is 3.21. The largest absolute Gasteiger partial charge is 0.294 e. The van der Waals surface area contributed by atoms with Gasteiger partial charge >= 0.3 is 0 Å². The van der Waals surface area contributed by atoms with Crippen LogP contribution in [-0.2, 0) is 6.42 Å². The van der Waals surface area contributed by atoms with E-state index in [9.17, 15) is 4.79 Å². The number of Topliss-reactive ketones (excluding diaryl/α,β-unsaturated/α-hetero) is 1. The van der Waals surface area contributed by atoms with Crippen molar-refractivity contribution in [3.8, 4) is 5.69 Å². The van der Waals surface area contributed by atoms with E-state index in [1.807, 2.05) is 60.7 Å². The Labute approximate surface area is 122 Å². The number of para-hydroxylation sites is 1. The van der Waals surface area contributed by atoms with Crippen LogP contribution < -0.4 is 0 Å². The summed E-state index contributed by atoms with van der Waals surface area (Å²) in [5, 5.41) is 11.7. The van der Waals surface area contributed by atoms with Gasteiger partial charge in [-0.2, -0.15) is 4.68 Å². The Morgan fingerprint density at radius 1 is 0.952 bits per heavy atom. The Kier molecular flexibility index (Phi) is 3.82. The van der Waals surface area contributed by atoms with E-state index >= 15 is 0 Å². The Morgan fingerprint density at radius 2 is 1.62 bits per heavy atom. The summed E-state index contributed by atoms with van der Waals surface area (Å²) in [6, 6.07) is 18.9. The predicted octanol–water partition coefficient (Wildman–Crippen LogP) is 2.48. The van der Waals surface area contributed by atoms with Gasteiger partial charge in [0.15, 0.2) is 11.6 Å². The summed E-state index contributed by atoms with van der Waals surface area (Å²) in [6.45, 7) is 0. The molecule has 0 spiro atoms. The average Bonchev–Trinajstić information content (AvgIpc) is 3.03. The van der Waals surface area contributed by atoms with Crippen molar-refractivity contribution in [1.29, 1.82) is 0 Å². The first-order chi connectivity index (χ1) is 10.3. The maximum Gasteiger partial charge on any atom is 0.163 e. The van der Waals surface area contributed by atoms with E-state index in [0.29, 0.717) is 18.7 Å². The number of carbonyl (C=O) groups excluding carboxylic acids is 1. The molecular weight excluding hydrogens is 264 g/mol. The molecule has 0 saturated carbocycles. The molecule has 0 aliphatic rings. The predicted molar refractivity (Wildman–Crippen MR) is 78.2 cm³/mol. The number of rotatable bonds is 5. The lowest BCUT2D eigenvalue weighted by molar-refractivity contribution is 0.0982. The van der Waals surface area contributed by atoms with Crippen molar-refractivity contribution in [1.82, 2.24) is 20.2 Å². The van der Waals surface area contributed by atoms with E-state index in [-0.39, 0.29) is 5.78 Å². The molecule has 21 heavy (non-hydrogen) atoms. The Balaban J connectivity index is 1.73. The molecule has 0 unspecified atom stereocenters. The molecule has 2 aromatic carbocycles. The van der Waals surface area contributed by atoms with Crippen LogP contribution in [-0.4, -0.2) is 26.0 Å². The first kappa shape index (κ1) is 13.2. The molecule has 0 aliphatic heterocycles. The summed E-state index contributed by atoms with van der Waals surface area (Å²) in [5.41, 5.74) is 1.61. The number of aryl methyl sites for hydroxylation is 1. The Morgan fingerprint density at radius 3 is 2.33 bits per heavy atom. The Bertz CT molecular complexity index is 722. The molecule has 1 aromatic heterocycles. The highest BCUT2D eigenvalue weighted by atomic mass is 16.1. The Hall–Kier alpha value is -2.82. The monoisotopic (exact) mass is 278 g/mol. The molecule has 0 saturated heterocycles. The lowest BCUT2D eigenvalue weighted by atomic mass is 10.1. The van der Waals surface area contributed by atoms with Gasteiger partial charge in [-0.1, -0.05) is 48.5 Å². The SMILES string of the molecule is O=C(CCc1nnnn1-c1ccccc1)c1ccccc1. The van der Waals surface area contributed by atoms with Crippen LogP contribution in [0.15, 0.2) is 60.7 Å². The van der Waals surface area contributed by atoms with Gasteiger partial charge in [0.05, 0.1) is 5.69 Å². The van der Waals surface area contributed by atoms with Crippen LogP contribution in [0.2, 0.25) is 0 Å². The van der Waals surface area contributed by atoms with Crippen molar-refractivity contribution < 1.29 is 4.79 Å². The van der Waals surface area contributed by atoms with Crippen molar-refractivity contribution >= 4 is 5.78 Å². The second kappa shape index (κ2) is 6.09. The van der Waals surface area contributed by atoms with Crippen molar-refractivity contribution in [3.05, 3.63) is 72.1 Å². The summed E-state index contributed by atoms with van der Waals surface area (Å²) in [5.74, 6) is 0.781. The van der Waals surface area contributed by atoms with Gasteiger partial charge in [-0.3, -0.25) is 4.79 Å². The first-order valence-electron chi connectivity index (χ1n) is 6.75. The van der Waals surface area contributed by atoms with E-state index in [1.165, 1.54) is 0 Å². The number of ketones is 1. The zero-order chi connectivity index (χ0) is 14.5. The number of nitrogens with zero attached hydrogens (tertiary/aromatic N) is 4. The van der Waals surface area contributed by atoms with Crippen LogP contribution >= 0.6 is 0 Å². The van der Waals surface area contributed by atoms with Crippen LogP contribution in [0, 0.1) is 0 Å². The quantitative estimate of drug-likeness (QED) is 0.673. The summed E-state index contributed by atoms with van der Waals surface area (Å²) in [6.07, 6.45) is 0.896. The number of hydrogen-bond acceptors (Lipinski definition) is 4. The fourth-order valence-corrected chi connectivity index (χ4v) is 2.13. The van der Waals surface area contributed by atoms with Gasteiger partial charge < -0.3 is 0 Å². The van der Waals surface area contributed by atoms with E-state index in [4.69, 9.17) is 0 Å². The van der Waals surface area contributed by atoms with Crippen molar-refractivity contribution in [2.24, 2.45) is 0 Å². The summed E-state index contributed by atoms with van der Waals surface area (Å²) < 4.78 is 1.66. The van der Waals surface area contributed by atoms with Crippen molar-refractivity contribution in [2.45, 2.75) is 12.8 Å². The molecule has 0 atom stereocenters. The minimum atomic E-state index is 0.0956. The van der Waals surface area contributed by atoms with Crippen LogP contribution in [0.5, 0.6) is 0 Å². The molecule has 0 aliphatic carbocycles. The van der Waals surface area contributed by atoms with Gasteiger partial charge in [-0.25, -0.2) is 0 Å². The van der Waals surface area contributed by atoms with Gasteiger partial charge in [-0.05, 0) is 22.6 Å². The van der Waals surface area contributed by atoms with E-state index < -0.39 is 0 Å². The van der Waals surface area contributed by atoms with Gasteiger partial charge in [-0.15, -0.1) is 5.10 Å². The second-order valence-electron chi connectivity index (χ2n) is 4.63. The smallest absolute Gasteiger partial charge is 0.163 e. The van der Waals surface area contributed by atoms with Gasteiger partial charge in [0.2, 0.25) is 0 Å². The summed E-state index contributed by atoms with van der Waals surface area (Å²) in [7, 11) is 0. The second-order valence-corrected chi connectivity index (χ2v) is 4.63. The molecule has 1 heterocycles. The van der Waals surface area contributed by atoms with Crippen molar-refractivity contribution in [2.75, 3.05) is 0 Å². The topological polar surface area (TPSA) is 60.7 Å². The number of tetrazole rings is 1. The third kappa shape index (κ3) is 3.02. The third-order valence-corrected chi connectivity index (χ3v) is 3.21. The number of aromatic nitrogens is 4. The van der Waals surface area contributed by atoms with Gasteiger partial charge in [0.25, 0.3) is 0 Å². The van der Waals surface area contributed by atoms with Crippen LogP contribution in [0.25, 0.3) is 5.69 Å². The first-order valence-corrected chi connectivity index (χ1v) is 6.75. The molecule has 0 N–H and O–H groups in total. The van der Waals surface area contributed by atoms with Crippen LogP contribution in [0.4, 0.5) is 0 Å². The molecule has 5 nitrogen and oxygen atoms in total. The molecule has 0 fully saturated rings. The molecule has 0 amide bonds. The number of benzene rings is 2. The minimum absolute atomic E-state index is 0.0956. The van der Waals surface area contributed by atoms with Crippen LogP contribution in [0.1, 0.15) is 22.6 Å². The molecular formula is C16H14N4O. The maximum absolute atomic E-state index is 12.1. The zero-order valence-corrected chi connectivity index (χ0v) is 11.4. The highest BCUT2D eigenvalue weighted by molar-refractivity contribution is 5.96. The highest BCUT2D eigenvalue weighted by Crippen LogP contribution is 2.10. The summed E-state index contributed by atoms with van der Waals surface area (Å²) in [4.78, 5) is 12.1. The number of carbonyl (C=O) groups is 1. The maximum atomic E-state index is 12.1. The van der Waals surface area contributed by atoms with E-state index in [1.54, 1.807) is 4.68 Å². The standard InChI is InChI=1S/C16H14N4O/c21-15(13-7-3-1-4-8-13)11-12-16-17-18-19-20(16)14-9-5-2-6-10-14/h1-10H,11-12H2. The van der Waals surface area contributed by atoms with Crippen LogP contribution in [0.3, 0.4) is 0 Å². The normalized spacial score (nSPS) is 10.5. The van der Waals surface area contributed by atoms with E-state index in [2.05, 4.69) is 15.5 Å². The average molecular weight is 278 g/mol. The van der Waals surface area contributed by atoms with Gasteiger partial charge in [0, 0.05) is 18.4 Å². The van der Waals surface area contributed by atoms with E-state index in [0.717, 1.165) is 11.3 Å². The minimum Gasteiger partial charge on any atom is -0.294 e. The summed E-state index contributed by atoms with van der Waals surface area (Å²) >= 11 is 0. The fourth-order valence-electron chi connectivity index (χ4n) is 2.13. The highest BCUT2D eigenvalue weighted by Gasteiger charge is 2.11. The zero-order valence-electron chi connectivity index (χ0n) is 11.4. The molecule has 0 radical (unpaired) electrons. The molecule has 5 heteroatoms.